The van der Waals surface area contributed by atoms with Crippen LogP contribution in [0.3, 0.4) is 0 Å². The number of hydrogen-bond acceptors (Lipinski definition) is 3. The van der Waals surface area contributed by atoms with Gasteiger partial charge in [0, 0.05) is 20.7 Å². The lowest BCUT2D eigenvalue weighted by Gasteiger charge is -2.24. The molecule has 1 aromatic carbocycles. The van der Waals surface area contributed by atoms with Gasteiger partial charge in [0.15, 0.2) is 0 Å². The summed E-state index contributed by atoms with van der Waals surface area (Å²) < 4.78 is 4.84. The Labute approximate surface area is 108 Å². The van der Waals surface area contributed by atoms with Crippen LogP contribution < -0.4 is 0 Å². The predicted octanol–water partition coefficient (Wildman–Crippen LogP) is 1.26. The summed E-state index contributed by atoms with van der Waals surface area (Å²) in [5, 5.41) is 9.60. The van der Waals surface area contributed by atoms with Crippen molar-refractivity contribution in [3.63, 3.8) is 0 Å². The number of aliphatic hydroxyl groups is 1. The maximum atomic E-state index is 12.2. The van der Waals surface area contributed by atoms with Gasteiger partial charge in [-0.05, 0) is 12.5 Å². The summed E-state index contributed by atoms with van der Waals surface area (Å²) in [6.45, 7) is 2.39. The summed E-state index contributed by atoms with van der Waals surface area (Å²) in [5.74, 6) is -0.206. The van der Waals surface area contributed by atoms with Gasteiger partial charge in [-0.1, -0.05) is 30.3 Å². The molecule has 2 atom stereocenters. The summed E-state index contributed by atoms with van der Waals surface area (Å²) in [6, 6.07) is 9.62. The number of aliphatic hydroxyl groups excluding tert-OH is 1. The van der Waals surface area contributed by atoms with Crippen LogP contribution in [-0.4, -0.2) is 49.3 Å². The maximum Gasteiger partial charge on any atom is 0.229 e. The van der Waals surface area contributed by atoms with E-state index in [9.17, 15) is 9.90 Å². The van der Waals surface area contributed by atoms with Gasteiger partial charge in [0.2, 0.25) is 5.91 Å². The van der Waals surface area contributed by atoms with E-state index in [0.29, 0.717) is 0 Å². The minimum atomic E-state index is -0.646. The predicted molar refractivity (Wildman–Crippen MR) is 70.4 cm³/mol. The van der Waals surface area contributed by atoms with Crippen molar-refractivity contribution in [3.8, 4) is 0 Å². The minimum absolute atomic E-state index is 0.00338. The second-order valence-electron chi connectivity index (χ2n) is 4.46. The molecule has 0 heterocycles. The summed E-state index contributed by atoms with van der Waals surface area (Å²) in [7, 11) is 3.22. The summed E-state index contributed by atoms with van der Waals surface area (Å²) in [5.41, 5.74) is 0.982. The quantitative estimate of drug-likeness (QED) is 0.828. The Morgan fingerprint density at radius 3 is 2.56 bits per heavy atom. The van der Waals surface area contributed by atoms with Crippen molar-refractivity contribution in [2.75, 3.05) is 27.3 Å². The molecule has 18 heavy (non-hydrogen) atoms. The molecule has 0 aliphatic carbocycles. The van der Waals surface area contributed by atoms with Crippen LogP contribution >= 0.6 is 0 Å². The number of methoxy groups -OCH3 is 1. The number of benzene rings is 1. The number of carbonyl (C=O) groups excluding carboxylic acids is 1. The summed E-state index contributed by atoms with van der Waals surface area (Å²) in [4.78, 5) is 13.7. The van der Waals surface area contributed by atoms with Gasteiger partial charge in [-0.25, -0.2) is 0 Å². The van der Waals surface area contributed by atoms with E-state index in [1.54, 1.807) is 11.9 Å². The molecule has 0 bridgehead atoms. The van der Waals surface area contributed by atoms with Crippen LogP contribution in [-0.2, 0) is 9.53 Å². The fourth-order valence-electron chi connectivity index (χ4n) is 1.87. The lowest BCUT2D eigenvalue weighted by Crippen LogP contribution is -2.38. The zero-order valence-electron chi connectivity index (χ0n) is 11.2. The second-order valence-corrected chi connectivity index (χ2v) is 4.46. The normalized spacial score (nSPS) is 14.0. The standard InChI is InChI=1S/C14H21NO3/c1-11(12-7-5-4-6-8-12)14(17)15(2)9-13(16)10-18-3/h4-8,11,13,16H,9-10H2,1-3H3. The molecule has 0 spiro atoms. The Balaban J connectivity index is 2.58. The Kier molecular flexibility index (Phi) is 5.82. The SMILES string of the molecule is COCC(O)CN(C)C(=O)C(C)c1ccccc1. The molecular formula is C14H21NO3. The van der Waals surface area contributed by atoms with Gasteiger partial charge in [0.05, 0.1) is 18.6 Å². The van der Waals surface area contributed by atoms with E-state index in [0.717, 1.165) is 5.56 Å². The van der Waals surface area contributed by atoms with E-state index in [4.69, 9.17) is 4.74 Å². The average Bonchev–Trinajstić information content (AvgIpc) is 2.38. The molecular weight excluding hydrogens is 230 g/mol. The van der Waals surface area contributed by atoms with Gasteiger partial charge < -0.3 is 14.7 Å². The zero-order valence-corrected chi connectivity index (χ0v) is 11.2. The molecule has 0 radical (unpaired) electrons. The second kappa shape index (κ2) is 7.13. The first kappa shape index (κ1) is 14.7. The first-order valence-electron chi connectivity index (χ1n) is 6.03. The third-order valence-corrected chi connectivity index (χ3v) is 2.89. The number of hydrogen-bond donors (Lipinski definition) is 1. The fraction of sp³-hybridized carbons (Fsp3) is 0.500. The van der Waals surface area contributed by atoms with Crippen molar-refractivity contribution < 1.29 is 14.6 Å². The number of rotatable bonds is 6. The third kappa shape index (κ3) is 4.13. The number of nitrogens with zero attached hydrogens (tertiary/aromatic N) is 1. The molecule has 1 N–H and O–H groups in total. The average molecular weight is 251 g/mol. The van der Waals surface area contributed by atoms with Crippen LogP contribution in [0.1, 0.15) is 18.4 Å². The Morgan fingerprint density at radius 1 is 1.39 bits per heavy atom. The molecule has 2 unspecified atom stereocenters. The number of likely N-dealkylation sites (N-methyl/N-ethyl adjacent to an activating group) is 1. The van der Waals surface area contributed by atoms with E-state index < -0.39 is 6.10 Å². The first-order chi connectivity index (χ1) is 8.56. The lowest BCUT2D eigenvalue weighted by molar-refractivity contribution is -0.132. The van der Waals surface area contributed by atoms with Gasteiger partial charge in [-0.15, -0.1) is 0 Å². The van der Waals surface area contributed by atoms with Crippen molar-refractivity contribution in [2.24, 2.45) is 0 Å². The molecule has 0 fully saturated rings. The molecule has 1 amide bonds. The molecule has 0 saturated heterocycles. The van der Waals surface area contributed by atoms with Gasteiger partial charge in [0.1, 0.15) is 0 Å². The number of amides is 1. The Hall–Kier alpha value is -1.39. The molecule has 1 rings (SSSR count). The van der Waals surface area contributed by atoms with E-state index in [-0.39, 0.29) is 25.0 Å². The highest BCUT2D eigenvalue weighted by molar-refractivity contribution is 5.83. The zero-order chi connectivity index (χ0) is 13.5. The molecule has 1 aromatic rings. The van der Waals surface area contributed by atoms with Gasteiger partial charge in [-0.3, -0.25) is 4.79 Å². The van der Waals surface area contributed by atoms with E-state index in [1.165, 1.54) is 7.11 Å². The Morgan fingerprint density at radius 2 is 2.00 bits per heavy atom. The summed E-state index contributed by atoms with van der Waals surface area (Å²) in [6.07, 6.45) is -0.646. The smallest absolute Gasteiger partial charge is 0.229 e. The van der Waals surface area contributed by atoms with E-state index in [1.807, 2.05) is 37.3 Å². The Bertz CT molecular complexity index is 367. The van der Waals surface area contributed by atoms with Crippen molar-refractivity contribution >= 4 is 5.91 Å². The first-order valence-corrected chi connectivity index (χ1v) is 6.03. The molecule has 0 saturated carbocycles. The van der Waals surface area contributed by atoms with Crippen molar-refractivity contribution in [1.82, 2.24) is 4.90 Å². The molecule has 0 aromatic heterocycles. The number of ether oxygens (including phenoxy) is 1. The topological polar surface area (TPSA) is 49.8 Å². The van der Waals surface area contributed by atoms with Gasteiger partial charge in [-0.2, -0.15) is 0 Å². The highest BCUT2D eigenvalue weighted by Gasteiger charge is 2.20. The summed E-state index contributed by atoms with van der Waals surface area (Å²) >= 11 is 0. The number of carbonyl (C=O) groups is 1. The van der Waals surface area contributed by atoms with Crippen LogP contribution in [0.25, 0.3) is 0 Å². The molecule has 4 heteroatoms. The van der Waals surface area contributed by atoms with Crippen LogP contribution in [0.2, 0.25) is 0 Å². The van der Waals surface area contributed by atoms with Gasteiger partial charge in [0.25, 0.3) is 0 Å². The molecule has 0 aliphatic heterocycles. The molecule has 100 valence electrons. The molecule has 0 aliphatic rings. The fourth-order valence-corrected chi connectivity index (χ4v) is 1.87. The lowest BCUT2D eigenvalue weighted by atomic mass is 10.00. The minimum Gasteiger partial charge on any atom is -0.389 e. The van der Waals surface area contributed by atoms with Crippen molar-refractivity contribution in [1.29, 1.82) is 0 Å². The molecule has 4 nitrogen and oxygen atoms in total. The largest absolute Gasteiger partial charge is 0.389 e. The van der Waals surface area contributed by atoms with Crippen LogP contribution in [0.15, 0.2) is 30.3 Å². The van der Waals surface area contributed by atoms with Gasteiger partial charge >= 0.3 is 0 Å². The van der Waals surface area contributed by atoms with Crippen LogP contribution in [0.5, 0.6) is 0 Å². The van der Waals surface area contributed by atoms with E-state index >= 15 is 0 Å². The monoisotopic (exact) mass is 251 g/mol. The third-order valence-electron chi connectivity index (χ3n) is 2.89. The van der Waals surface area contributed by atoms with Crippen LogP contribution in [0.4, 0.5) is 0 Å². The van der Waals surface area contributed by atoms with Crippen LogP contribution in [0, 0.1) is 0 Å². The maximum absolute atomic E-state index is 12.2. The van der Waals surface area contributed by atoms with Crippen molar-refractivity contribution in [3.05, 3.63) is 35.9 Å². The van der Waals surface area contributed by atoms with Crippen molar-refractivity contribution in [2.45, 2.75) is 18.9 Å². The highest BCUT2D eigenvalue weighted by atomic mass is 16.5. The van der Waals surface area contributed by atoms with E-state index in [2.05, 4.69) is 0 Å². The highest BCUT2D eigenvalue weighted by Crippen LogP contribution is 2.16.